The van der Waals surface area contributed by atoms with Crippen molar-refractivity contribution >= 4 is 46.7 Å². The van der Waals surface area contributed by atoms with Crippen LogP contribution < -0.4 is 11.7 Å². The molecule has 0 aliphatic heterocycles. The average Bonchev–Trinajstić information content (AvgIpc) is 3.34. The summed E-state index contributed by atoms with van der Waals surface area (Å²) >= 11 is 15.0. The fourth-order valence-corrected chi connectivity index (χ4v) is 4.84. The second-order valence-electron chi connectivity index (χ2n) is 6.77. The highest BCUT2D eigenvalue weighted by molar-refractivity contribution is 7.99. The van der Waals surface area contributed by atoms with Crippen molar-refractivity contribution in [2.75, 3.05) is 23.2 Å². The van der Waals surface area contributed by atoms with E-state index in [9.17, 15) is 0 Å². The molecule has 0 atom stereocenters. The molecule has 0 bridgehead atoms. The number of halogens is 2. The topological polar surface area (TPSA) is 113 Å². The lowest BCUT2D eigenvalue weighted by Crippen LogP contribution is -2.12. The average molecular weight is 507 g/mol. The summed E-state index contributed by atoms with van der Waals surface area (Å²) in [4.78, 5) is 0. The number of nitrogens with two attached hydrogens (primary N) is 2. The molecule has 4 aromatic rings. The van der Waals surface area contributed by atoms with Crippen molar-refractivity contribution in [3.05, 3.63) is 58.6 Å². The molecule has 0 amide bonds. The van der Waals surface area contributed by atoms with E-state index in [1.54, 1.807) is 47.8 Å². The molecule has 12 heteroatoms. The van der Waals surface area contributed by atoms with Crippen LogP contribution in [-0.4, -0.2) is 41.3 Å². The van der Waals surface area contributed by atoms with Gasteiger partial charge in [-0.3, -0.25) is 0 Å². The van der Waals surface area contributed by atoms with Crippen LogP contribution in [0.3, 0.4) is 0 Å². The number of nitrogen functional groups attached to an aromatic ring is 2. The predicted molar refractivity (Wildman–Crippen MR) is 132 cm³/mol. The van der Waals surface area contributed by atoms with Gasteiger partial charge in [-0.2, -0.15) is 0 Å². The third kappa shape index (κ3) is 5.32. The van der Waals surface area contributed by atoms with Gasteiger partial charge in [-0.1, -0.05) is 46.7 Å². The van der Waals surface area contributed by atoms with Gasteiger partial charge in [-0.05, 0) is 61.4 Å². The van der Waals surface area contributed by atoms with Crippen molar-refractivity contribution in [1.29, 1.82) is 0 Å². The van der Waals surface area contributed by atoms with E-state index >= 15 is 0 Å². The van der Waals surface area contributed by atoms with E-state index in [1.807, 2.05) is 24.3 Å². The SMILES string of the molecule is Nn1c(SCCCCSc2nnc(-c3ccc(Cl)cc3)n2N)nnc1-c1ccc(Cl)cc1. The van der Waals surface area contributed by atoms with E-state index in [2.05, 4.69) is 20.4 Å². The van der Waals surface area contributed by atoms with E-state index in [4.69, 9.17) is 34.9 Å². The lowest BCUT2D eigenvalue weighted by Gasteiger charge is -2.05. The summed E-state index contributed by atoms with van der Waals surface area (Å²) in [6.07, 6.45) is 1.98. The summed E-state index contributed by atoms with van der Waals surface area (Å²) in [7, 11) is 0. The molecule has 0 saturated heterocycles. The first-order chi connectivity index (χ1) is 15.5. The molecule has 4 rings (SSSR count). The Bertz CT molecular complexity index is 1080. The van der Waals surface area contributed by atoms with Crippen LogP contribution in [0.2, 0.25) is 10.0 Å². The zero-order chi connectivity index (χ0) is 22.5. The van der Waals surface area contributed by atoms with Crippen molar-refractivity contribution < 1.29 is 0 Å². The van der Waals surface area contributed by atoms with Gasteiger partial charge >= 0.3 is 0 Å². The zero-order valence-corrected chi connectivity index (χ0v) is 20.0. The first-order valence-corrected chi connectivity index (χ1v) is 12.4. The van der Waals surface area contributed by atoms with Crippen LogP contribution in [0, 0.1) is 0 Å². The highest BCUT2D eigenvalue weighted by Gasteiger charge is 2.13. The molecule has 0 unspecified atom stereocenters. The fourth-order valence-electron chi connectivity index (χ4n) is 2.87. The molecule has 0 saturated carbocycles. The minimum Gasteiger partial charge on any atom is -0.335 e. The maximum absolute atomic E-state index is 6.16. The number of unbranched alkanes of at least 4 members (excludes halogenated alkanes) is 1. The lowest BCUT2D eigenvalue weighted by atomic mass is 10.2. The molecule has 2 heterocycles. The van der Waals surface area contributed by atoms with Gasteiger partial charge in [-0.25, -0.2) is 9.35 Å². The van der Waals surface area contributed by atoms with Crippen LogP contribution >= 0.6 is 46.7 Å². The summed E-state index contributed by atoms with van der Waals surface area (Å²) in [5.41, 5.74) is 1.74. The zero-order valence-electron chi connectivity index (χ0n) is 16.9. The third-order valence-electron chi connectivity index (χ3n) is 4.53. The summed E-state index contributed by atoms with van der Waals surface area (Å²) in [5, 5.41) is 19.5. The molecule has 8 nitrogen and oxygen atoms in total. The van der Waals surface area contributed by atoms with Crippen molar-refractivity contribution in [1.82, 2.24) is 29.7 Å². The Labute approximate surface area is 203 Å². The first-order valence-electron chi connectivity index (χ1n) is 9.71. The highest BCUT2D eigenvalue weighted by atomic mass is 35.5. The van der Waals surface area contributed by atoms with Crippen LogP contribution in [0.4, 0.5) is 0 Å². The largest absolute Gasteiger partial charge is 0.335 e. The van der Waals surface area contributed by atoms with Gasteiger partial charge in [-0.15, -0.1) is 20.4 Å². The minimum absolute atomic E-state index is 0.610. The Morgan fingerprint density at radius 3 is 1.38 bits per heavy atom. The number of hydrogen-bond acceptors (Lipinski definition) is 8. The second-order valence-corrected chi connectivity index (χ2v) is 9.77. The molecular formula is C20H20Cl2N8S2. The van der Waals surface area contributed by atoms with E-state index < -0.39 is 0 Å². The predicted octanol–water partition coefficient (Wildman–Crippen LogP) is 4.60. The van der Waals surface area contributed by atoms with Gasteiger partial charge in [0.25, 0.3) is 0 Å². The van der Waals surface area contributed by atoms with Gasteiger partial charge in [0, 0.05) is 32.7 Å². The van der Waals surface area contributed by atoms with Crippen LogP contribution in [0.15, 0.2) is 58.8 Å². The molecule has 0 fully saturated rings. The summed E-state index contributed by atoms with van der Waals surface area (Å²) in [5.74, 6) is 15.3. The Kier molecular flexibility index (Phi) is 7.46. The number of hydrogen-bond donors (Lipinski definition) is 2. The molecule has 4 N–H and O–H groups in total. The van der Waals surface area contributed by atoms with E-state index in [-0.39, 0.29) is 0 Å². The molecule has 166 valence electrons. The Morgan fingerprint density at radius 2 is 1.00 bits per heavy atom. The molecule has 2 aromatic carbocycles. The molecule has 32 heavy (non-hydrogen) atoms. The summed E-state index contributed by atoms with van der Waals surface area (Å²) in [6, 6.07) is 14.7. The van der Waals surface area contributed by atoms with E-state index in [0.717, 1.165) is 35.5 Å². The number of aromatic nitrogens is 6. The third-order valence-corrected chi connectivity index (χ3v) is 7.10. The standard InChI is InChI=1S/C20H20Cl2N8S2/c21-15-7-3-13(4-8-15)17-25-27-19(29(17)23)31-11-1-2-12-32-20-28-26-18(30(20)24)14-5-9-16(22)10-6-14/h3-10H,1-2,11-12,23-24H2. The number of nitrogens with zero attached hydrogens (tertiary/aromatic N) is 6. The molecule has 0 radical (unpaired) electrons. The molecule has 0 spiro atoms. The fraction of sp³-hybridized carbons (Fsp3) is 0.200. The minimum atomic E-state index is 0.610. The van der Waals surface area contributed by atoms with Crippen molar-refractivity contribution in [3.63, 3.8) is 0 Å². The summed E-state index contributed by atoms with van der Waals surface area (Å²) in [6.45, 7) is 0. The smallest absolute Gasteiger partial charge is 0.210 e. The Balaban J connectivity index is 1.23. The number of benzene rings is 2. The normalized spacial score (nSPS) is 11.2. The highest BCUT2D eigenvalue weighted by Crippen LogP contribution is 2.25. The van der Waals surface area contributed by atoms with Gasteiger partial charge in [0.2, 0.25) is 10.3 Å². The second kappa shape index (κ2) is 10.5. The Morgan fingerprint density at radius 1 is 0.625 bits per heavy atom. The van der Waals surface area contributed by atoms with E-state index in [1.165, 1.54) is 9.35 Å². The first kappa shape index (κ1) is 22.8. The molecule has 2 aromatic heterocycles. The number of rotatable bonds is 9. The molecular weight excluding hydrogens is 487 g/mol. The van der Waals surface area contributed by atoms with Gasteiger partial charge in [0.1, 0.15) is 0 Å². The monoisotopic (exact) mass is 506 g/mol. The summed E-state index contributed by atoms with van der Waals surface area (Å²) < 4.78 is 3.02. The van der Waals surface area contributed by atoms with Crippen LogP contribution in [0.25, 0.3) is 22.8 Å². The lowest BCUT2D eigenvalue weighted by molar-refractivity contribution is 0.834. The van der Waals surface area contributed by atoms with E-state index in [0.29, 0.717) is 32.0 Å². The van der Waals surface area contributed by atoms with Gasteiger partial charge < -0.3 is 11.7 Å². The van der Waals surface area contributed by atoms with Crippen LogP contribution in [-0.2, 0) is 0 Å². The van der Waals surface area contributed by atoms with Crippen molar-refractivity contribution in [2.45, 2.75) is 23.2 Å². The quantitative estimate of drug-likeness (QED) is 0.192. The maximum atomic E-state index is 6.16. The van der Waals surface area contributed by atoms with Crippen molar-refractivity contribution in [2.24, 2.45) is 0 Å². The Hall–Kier alpha value is -2.40. The maximum Gasteiger partial charge on any atom is 0.210 e. The van der Waals surface area contributed by atoms with Crippen LogP contribution in [0.1, 0.15) is 12.8 Å². The van der Waals surface area contributed by atoms with Crippen molar-refractivity contribution in [3.8, 4) is 22.8 Å². The van der Waals surface area contributed by atoms with Gasteiger partial charge in [0.05, 0.1) is 0 Å². The molecule has 0 aliphatic carbocycles. The van der Waals surface area contributed by atoms with Crippen LogP contribution in [0.5, 0.6) is 0 Å². The molecule has 0 aliphatic rings. The number of thioether (sulfide) groups is 2. The van der Waals surface area contributed by atoms with Gasteiger partial charge in [0.15, 0.2) is 11.6 Å².